The summed E-state index contributed by atoms with van der Waals surface area (Å²) in [6.45, 7) is 5.74. The molecule has 1 fully saturated rings. The van der Waals surface area contributed by atoms with Crippen LogP contribution in [0, 0.1) is 0 Å². The van der Waals surface area contributed by atoms with Gasteiger partial charge in [0.1, 0.15) is 24.4 Å². The van der Waals surface area contributed by atoms with Crippen molar-refractivity contribution in [1.82, 2.24) is 0 Å². The number of aliphatic carboxylic acids is 1. The molecule has 0 aromatic rings. The molecule has 194 valence electrons. The van der Waals surface area contributed by atoms with E-state index in [0.717, 1.165) is 51.4 Å². The van der Waals surface area contributed by atoms with Crippen LogP contribution >= 0.6 is 0 Å². The molecule has 7 atom stereocenters. The van der Waals surface area contributed by atoms with Crippen LogP contribution in [-0.2, 0) is 23.8 Å². The Hall–Kier alpha value is -1.26. The molecule has 0 bridgehead atoms. The summed E-state index contributed by atoms with van der Waals surface area (Å²) in [7, 11) is 0. The van der Waals surface area contributed by atoms with Gasteiger partial charge in [0.2, 0.25) is 0 Å². The summed E-state index contributed by atoms with van der Waals surface area (Å²) in [5.41, 5.74) is 0. The van der Waals surface area contributed by atoms with Crippen LogP contribution in [-0.4, -0.2) is 75.3 Å². The van der Waals surface area contributed by atoms with Crippen molar-refractivity contribution in [1.29, 1.82) is 0 Å². The van der Waals surface area contributed by atoms with Crippen LogP contribution in [0.1, 0.15) is 97.8 Å². The zero-order valence-corrected chi connectivity index (χ0v) is 20.4. The van der Waals surface area contributed by atoms with Crippen LogP contribution < -0.4 is 0 Å². The maximum absolute atomic E-state index is 12.6. The number of carbonyl (C=O) groups is 2. The molecule has 0 aliphatic carbocycles. The molecule has 2 unspecified atom stereocenters. The fraction of sp³-hybridized carbons (Fsp3) is 0.917. The highest BCUT2D eigenvalue weighted by molar-refractivity contribution is 5.72. The first kappa shape index (κ1) is 29.8. The topological polar surface area (TPSA) is 143 Å². The molecule has 0 aromatic heterocycles. The van der Waals surface area contributed by atoms with E-state index in [0.29, 0.717) is 12.8 Å². The first-order chi connectivity index (χ1) is 15.7. The van der Waals surface area contributed by atoms with Crippen LogP contribution in [0.4, 0.5) is 0 Å². The summed E-state index contributed by atoms with van der Waals surface area (Å²) in [5, 5.41) is 39.3. The van der Waals surface area contributed by atoms with E-state index in [1.165, 1.54) is 0 Å². The van der Waals surface area contributed by atoms with Gasteiger partial charge in [0.25, 0.3) is 0 Å². The van der Waals surface area contributed by atoms with Crippen molar-refractivity contribution in [3.8, 4) is 0 Å². The minimum absolute atomic E-state index is 0.114. The molecular formula is C24H44O9. The summed E-state index contributed by atoms with van der Waals surface area (Å²) in [5.74, 6) is -1.58. The smallest absolute Gasteiger partial charge is 0.308 e. The number of hydrogen-bond donors (Lipinski definition) is 4. The number of aliphatic hydroxyl groups excluding tert-OH is 3. The van der Waals surface area contributed by atoms with Crippen LogP contribution in [0.2, 0.25) is 0 Å². The van der Waals surface area contributed by atoms with E-state index in [1.807, 2.05) is 0 Å². The van der Waals surface area contributed by atoms with Gasteiger partial charge in [-0.15, -0.1) is 0 Å². The summed E-state index contributed by atoms with van der Waals surface area (Å²) < 4.78 is 16.9. The zero-order chi connectivity index (χ0) is 24.8. The van der Waals surface area contributed by atoms with E-state index < -0.39 is 54.9 Å². The van der Waals surface area contributed by atoms with E-state index in [1.54, 1.807) is 6.92 Å². The van der Waals surface area contributed by atoms with Gasteiger partial charge in [0.15, 0.2) is 6.29 Å². The van der Waals surface area contributed by atoms with Crippen molar-refractivity contribution in [2.45, 2.75) is 141 Å². The molecule has 9 heteroatoms. The quantitative estimate of drug-likeness (QED) is 0.184. The van der Waals surface area contributed by atoms with Gasteiger partial charge in [-0.3, -0.25) is 9.59 Å². The van der Waals surface area contributed by atoms with Crippen molar-refractivity contribution >= 4 is 11.9 Å². The molecule has 0 spiro atoms. The summed E-state index contributed by atoms with van der Waals surface area (Å²) in [6.07, 6.45) is 0.970. The summed E-state index contributed by atoms with van der Waals surface area (Å²) in [6, 6.07) is 0. The number of rotatable bonds is 17. The maximum atomic E-state index is 12.6. The number of carboxylic acid groups (broad SMARTS) is 1. The lowest BCUT2D eigenvalue weighted by Gasteiger charge is -2.40. The number of aliphatic hydroxyl groups is 3. The average molecular weight is 477 g/mol. The molecule has 0 radical (unpaired) electrons. The fourth-order valence-electron chi connectivity index (χ4n) is 3.95. The lowest BCUT2D eigenvalue weighted by Crippen LogP contribution is -2.58. The van der Waals surface area contributed by atoms with Crippen LogP contribution in [0.5, 0.6) is 0 Å². The monoisotopic (exact) mass is 476 g/mol. The molecule has 9 nitrogen and oxygen atoms in total. The molecule has 1 rings (SSSR count). The predicted octanol–water partition coefficient (Wildman–Crippen LogP) is 2.92. The Morgan fingerprint density at radius 2 is 1.39 bits per heavy atom. The van der Waals surface area contributed by atoms with Crippen molar-refractivity contribution in [2.24, 2.45) is 0 Å². The van der Waals surface area contributed by atoms with Gasteiger partial charge in [0.05, 0.1) is 25.0 Å². The predicted molar refractivity (Wildman–Crippen MR) is 121 cm³/mol. The number of carbonyl (C=O) groups excluding carboxylic acids is 1. The van der Waals surface area contributed by atoms with E-state index >= 15 is 0 Å². The first-order valence-corrected chi connectivity index (χ1v) is 12.5. The molecule has 0 saturated carbocycles. The van der Waals surface area contributed by atoms with Crippen molar-refractivity contribution < 1.29 is 44.2 Å². The number of unbranched alkanes of at least 4 members (excludes halogenated alkanes) is 6. The zero-order valence-electron chi connectivity index (χ0n) is 20.4. The van der Waals surface area contributed by atoms with E-state index in [4.69, 9.17) is 19.3 Å². The van der Waals surface area contributed by atoms with Crippen molar-refractivity contribution in [2.75, 3.05) is 0 Å². The Kier molecular flexibility index (Phi) is 14.8. The molecule has 1 saturated heterocycles. The third-order valence-corrected chi connectivity index (χ3v) is 5.99. The lowest BCUT2D eigenvalue weighted by atomic mass is 9.99. The minimum atomic E-state index is -1.45. The van der Waals surface area contributed by atoms with Crippen molar-refractivity contribution in [3.63, 3.8) is 0 Å². The average Bonchev–Trinajstić information content (AvgIpc) is 2.75. The fourth-order valence-corrected chi connectivity index (χ4v) is 3.95. The van der Waals surface area contributed by atoms with Gasteiger partial charge >= 0.3 is 11.9 Å². The van der Waals surface area contributed by atoms with Crippen molar-refractivity contribution in [3.05, 3.63) is 0 Å². The molecule has 1 aliphatic heterocycles. The highest BCUT2D eigenvalue weighted by atomic mass is 16.7. The van der Waals surface area contributed by atoms with Gasteiger partial charge in [0, 0.05) is 0 Å². The number of esters is 1. The lowest BCUT2D eigenvalue weighted by molar-refractivity contribution is -0.304. The highest BCUT2D eigenvalue weighted by Crippen LogP contribution is 2.25. The largest absolute Gasteiger partial charge is 0.481 e. The first-order valence-electron chi connectivity index (χ1n) is 12.5. The normalized spacial score (nSPS) is 27.2. The second kappa shape index (κ2) is 16.4. The number of carboxylic acids is 1. The third-order valence-electron chi connectivity index (χ3n) is 5.99. The van der Waals surface area contributed by atoms with Crippen LogP contribution in [0.3, 0.4) is 0 Å². The second-order valence-electron chi connectivity index (χ2n) is 9.05. The molecule has 4 N–H and O–H groups in total. The van der Waals surface area contributed by atoms with E-state index in [-0.39, 0.29) is 12.8 Å². The second-order valence-corrected chi connectivity index (χ2v) is 9.05. The number of ether oxygens (including phenoxy) is 3. The highest BCUT2D eigenvalue weighted by Gasteiger charge is 2.43. The molecule has 1 heterocycles. The SMILES string of the molecule is CCCCCCC(CC(=O)O)OC(=O)CC(CCCCCC)O[C@@H]1O[C@@H](C)[C@H](O)[C@@H](O)[C@H]1O. The molecule has 33 heavy (non-hydrogen) atoms. The van der Waals surface area contributed by atoms with Crippen LogP contribution in [0.25, 0.3) is 0 Å². The Morgan fingerprint density at radius 3 is 1.94 bits per heavy atom. The molecule has 1 aliphatic rings. The number of hydrogen-bond acceptors (Lipinski definition) is 8. The Bertz CT molecular complexity index is 556. The van der Waals surface area contributed by atoms with E-state index in [2.05, 4.69) is 13.8 Å². The van der Waals surface area contributed by atoms with E-state index in [9.17, 15) is 24.9 Å². The third kappa shape index (κ3) is 11.6. The summed E-state index contributed by atoms with van der Waals surface area (Å²) in [4.78, 5) is 23.8. The Morgan fingerprint density at radius 1 is 0.818 bits per heavy atom. The van der Waals surface area contributed by atoms with Gasteiger partial charge < -0.3 is 34.6 Å². The van der Waals surface area contributed by atoms with Gasteiger partial charge in [-0.25, -0.2) is 0 Å². The van der Waals surface area contributed by atoms with Gasteiger partial charge in [-0.05, 0) is 26.2 Å². The maximum Gasteiger partial charge on any atom is 0.308 e. The Balaban J connectivity index is 2.73. The summed E-state index contributed by atoms with van der Waals surface area (Å²) >= 11 is 0. The molecule has 0 amide bonds. The minimum Gasteiger partial charge on any atom is -0.481 e. The molecular weight excluding hydrogens is 432 g/mol. The molecule has 0 aromatic carbocycles. The van der Waals surface area contributed by atoms with Gasteiger partial charge in [-0.1, -0.05) is 58.8 Å². The van der Waals surface area contributed by atoms with Gasteiger partial charge in [-0.2, -0.15) is 0 Å². The Labute approximate surface area is 197 Å². The van der Waals surface area contributed by atoms with Crippen LogP contribution in [0.15, 0.2) is 0 Å². The standard InChI is InChI=1S/C24H44O9/c1-4-6-8-10-12-17(14-19(25)26)32-20(27)15-18(13-11-9-7-5-2)33-24-23(30)22(29)21(28)16(3)31-24/h16-18,21-24,28-30H,4-15H2,1-3H3,(H,25,26)/t16-,17?,18?,21-,22+,23+,24-/m0/s1.